The van der Waals surface area contributed by atoms with Gasteiger partial charge in [0.15, 0.2) is 0 Å². The highest BCUT2D eigenvalue weighted by Gasteiger charge is 2.00. The first-order chi connectivity index (χ1) is 8.83. The molecule has 0 atom stereocenters. The molecule has 0 aromatic carbocycles. The summed E-state index contributed by atoms with van der Waals surface area (Å²) in [7, 11) is 1.62. The molecule has 2 aromatic heterocycles. The summed E-state index contributed by atoms with van der Waals surface area (Å²) in [6.45, 7) is 4.64. The van der Waals surface area contributed by atoms with E-state index in [-0.39, 0.29) is 0 Å². The zero-order valence-corrected chi connectivity index (χ0v) is 10.8. The molecule has 0 spiro atoms. The first-order valence-electron chi connectivity index (χ1n) is 6.02. The summed E-state index contributed by atoms with van der Waals surface area (Å²) < 4.78 is 7.14. The number of nitrogens with one attached hydrogen (secondary N) is 1. The normalized spacial score (nSPS) is 10.6. The van der Waals surface area contributed by atoms with Crippen LogP contribution in [0, 0.1) is 0 Å². The molecule has 0 saturated heterocycles. The molecule has 18 heavy (non-hydrogen) atoms. The molecule has 0 aliphatic heterocycles. The molecule has 0 unspecified atom stereocenters. The van der Waals surface area contributed by atoms with Crippen LogP contribution in [0.5, 0.6) is 5.88 Å². The zero-order chi connectivity index (χ0) is 12.8. The molecular formula is C13H18N4O. The Kier molecular flexibility index (Phi) is 4.30. The molecule has 0 radical (unpaired) electrons. The van der Waals surface area contributed by atoms with Crippen LogP contribution in [0.2, 0.25) is 0 Å². The average Bonchev–Trinajstić information content (AvgIpc) is 2.87. The Morgan fingerprint density at radius 3 is 2.83 bits per heavy atom. The van der Waals surface area contributed by atoms with E-state index in [2.05, 4.69) is 26.8 Å². The van der Waals surface area contributed by atoms with Gasteiger partial charge in [-0.05, 0) is 12.5 Å². The van der Waals surface area contributed by atoms with E-state index in [0.29, 0.717) is 5.88 Å². The molecule has 0 aliphatic carbocycles. The third kappa shape index (κ3) is 3.07. The van der Waals surface area contributed by atoms with Gasteiger partial charge >= 0.3 is 0 Å². The largest absolute Gasteiger partial charge is 0.481 e. The Morgan fingerprint density at radius 2 is 2.17 bits per heavy atom. The van der Waals surface area contributed by atoms with Crippen LogP contribution in [0.3, 0.4) is 0 Å². The van der Waals surface area contributed by atoms with Crippen molar-refractivity contribution in [2.45, 2.75) is 26.6 Å². The standard InChI is InChI=1S/C13H18N4O/c1-3-17-10-15-9-12(17)8-14-6-11-4-5-13(18-2)16-7-11/h4-5,7,9-10,14H,3,6,8H2,1-2H3. The summed E-state index contributed by atoms with van der Waals surface area (Å²) >= 11 is 0. The van der Waals surface area contributed by atoms with Crippen LogP contribution in [0.1, 0.15) is 18.2 Å². The van der Waals surface area contributed by atoms with Gasteiger partial charge in [-0.3, -0.25) is 0 Å². The summed E-state index contributed by atoms with van der Waals surface area (Å²) in [6, 6.07) is 3.88. The SMILES string of the molecule is CCn1cncc1CNCc1ccc(OC)nc1. The number of hydrogen-bond donors (Lipinski definition) is 1. The summed E-state index contributed by atoms with van der Waals surface area (Å²) in [5, 5.41) is 3.37. The van der Waals surface area contributed by atoms with Crippen LogP contribution in [0.25, 0.3) is 0 Å². The highest BCUT2D eigenvalue weighted by Crippen LogP contribution is 2.06. The summed E-state index contributed by atoms with van der Waals surface area (Å²) in [6.07, 6.45) is 5.57. The number of rotatable bonds is 6. The second-order valence-corrected chi connectivity index (χ2v) is 3.98. The van der Waals surface area contributed by atoms with E-state index in [1.807, 2.05) is 30.9 Å². The Hall–Kier alpha value is -1.88. The van der Waals surface area contributed by atoms with Gasteiger partial charge in [0.05, 0.1) is 19.1 Å². The van der Waals surface area contributed by atoms with Crippen LogP contribution in [0.15, 0.2) is 30.9 Å². The molecule has 96 valence electrons. The zero-order valence-electron chi connectivity index (χ0n) is 10.8. The first kappa shape index (κ1) is 12.6. The molecule has 0 fully saturated rings. The predicted octanol–water partition coefficient (Wildman–Crippen LogP) is 1.60. The number of ether oxygens (including phenoxy) is 1. The molecule has 5 nitrogen and oxygen atoms in total. The van der Waals surface area contributed by atoms with Gasteiger partial charge < -0.3 is 14.6 Å². The minimum Gasteiger partial charge on any atom is -0.481 e. The first-order valence-corrected chi connectivity index (χ1v) is 6.02. The van der Waals surface area contributed by atoms with Crippen LogP contribution in [-0.2, 0) is 19.6 Å². The minimum absolute atomic E-state index is 0.641. The van der Waals surface area contributed by atoms with Gasteiger partial charge in [0.2, 0.25) is 5.88 Å². The third-order valence-electron chi connectivity index (χ3n) is 2.78. The van der Waals surface area contributed by atoms with Crippen molar-refractivity contribution in [1.29, 1.82) is 0 Å². The van der Waals surface area contributed by atoms with Crippen LogP contribution in [0.4, 0.5) is 0 Å². The minimum atomic E-state index is 0.641. The monoisotopic (exact) mass is 246 g/mol. The van der Waals surface area contributed by atoms with Gasteiger partial charge in [-0.2, -0.15) is 0 Å². The lowest BCUT2D eigenvalue weighted by Gasteiger charge is -2.07. The molecule has 0 amide bonds. The number of pyridine rings is 1. The van der Waals surface area contributed by atoms with Gasteiger partial charge in [-0.15, -0.1) is 0 Å². The highest BCUT2D eigenvalue weighted by molar-refractivity contribution is 5.17. The van der Waals surface area contributed by atoms with E-state index < -0.39 is 0 Å². The third-order valence-corrected chi connectivity index (χ3v) is 2.78. The van der Waals surface area contributed by atoms with Crippen molar-refractivity contribution < 1.29 is 4.74 Å². The van der Waals surface area contributed by atoms with Crippen LogP contribution in [-0.4, -0.2) is 21.6 Å². The molecule has 0 bridgehead atoms. The molecule has 2 heterocycles. The number of methoxy groups -OCH3 is 1. The lowest BCUT2D eigenvalue weighted by Crippen LogP contribution is -2.15. The van der Waals surface area contributed by atoms with E-state index in [1.54, 1.807) is 7.11 Å². The fraction of sp³-hybridized carbons (Fsp3) is 0.385. The lowest BCUT2D eigenvalue weighted by atomic mass is 10.3. The Morgan fingerprint density at radius 1 is 1.28 bits per heavy atom. The average molecular weight is 246 g/mol. The highest BCUT2D eigenvalue weighted by atomic mass is 16.5. The van der Waals surface area contributed by atoms with Crippen molar-refractivity contribution >= 4 is 0 Å². The molecule has 2 rings (SSSR count). The van der Waals surface area contributed by atoms with E-state index in [4.69, 9.17) is 4.74 Å². The fourth-order valence-corrected chi connectivity index (χ4v) is 1.75. The summed E-state index contributed by atoms with van der Waals surface area (Å²) in [5.41, 5.74) is 2.33. The molecule has 0 aliphatic rings. The number of aromatic nitrogens is 3. The smallest absolute Gasteiger partial charge is 0.212 e. The van der Waals surface area contributed by atoms with E-state index in [1.165, 1.54) is 5.69 Å². The Labute approximate surface area is 107 Å². The second kappa shape index (κ2) is 6.16. The lowest BCUT2D eigenvalue weighted by molar-refractivity contribution is 0.397. The molecule has 5 heteroatoms. The van der Waals surface area contributed by atoms with E-state index in [0.717, 1.165) is 25.2 Å². The fourth-order valence-electron chi connectivity index (χ4n) is 1.75. The van der Waals surface area contributed by atoms with Gasteiger partial charge in [-0.25, -0.2) is 9.97 Å². The van der Waals surface area contributed by atoms with Crippen LogP contribution < -0.4 is 10.1 Å². The maximum absolute atomic E-state index is 5.02. The predicted molar refractivity (Wildman–Crippen MR) is 69.2 cm³/mol. The molecular weight excluding hydrogens is 228 g/mol. The molecule has 2 aromatic rings. The molecule has 0 saturated carbocycles. The topological polar surface area (TPSA) is 52.0 Å². The Bertz CT molecular complexity index is 478. The van der Waals surface area contributed by atoms with Gasteiger partial charge in [-0.1, -0.05) is 6.07 Å². The van der Waals surface area contributed by atoms with Crippen molar-refractivity contribution in [2.75, 3.05) is 7.11 Å². The van der Waals surface area contributed by atoms with E-state index in [9.17, 15) is 0 Å². The number of hydrogen-bond acceptors (Lipinski definition) is 4. The number of nitrogens with zero attached hydrogens (tertiary/aromatic N) is 3. The van der Waals surface area contributed by atoms with E-state index >= 15 is 0 Å². The Balaban J connectivity index is 1.84. The maximum Gasteiger partial charge on any atom is 0.212 e. The van der Waals surface area contributed by atoms with Crippen molar-refractivity contribution in [3.8, 4) is 5.88 Å². The van der Waals surface area contributed by atoms with Crippen molar-refractivity contribution in [3.63, 3.8) is 0 Å². The summed E-state index contributed by atoms with van der Waals surface area (Å²) in [5.74, 6) is 0.641. The quantitative estimate of drug-likeness (QED) is 0.841. The van der Waals surface area contributed by atoms with Crippen LogP contribution >= 0.6 is 0 Å². The van der Waals surface area contributed by atoms with Gasteiger partial charge in [0.1, 0.15) is 0 Å². The van der Waals surface area contributed by atoms with Crippen molar-refractivity contribution in [1.82, 2.24) is 19.9 Å². The number of aryl methyl sites for hydroxylation is 1. The molecule has 1 N–H and O–H groups in total. The second-order valence-electron chi connectivity index (χ2n) is 3.98. The number of imidazole rings is 1. The summed E-state index contributed by atoms with van der Waals surface area (Å²) in [4.78, 5) is 8.30. The van der Waals surface area contributed by atoms with Gasteiger partial charge in [0, 0.05) is 38.1 Å². The maximum atomic E-state index is 5.02. The van der Waals surface area contributed by atoms with Gasteiger partial charge in [0.25, 0.3) is 0 Å². The van der Waals surface area contributed by atoms with Crippen molar-refractivity contribution in [3.05, 3.63) is 42.1 Å². The van der Waals surface area contributed by atoms with Crippen molar-refractivity contribution in [2.24, 2.45) is 0 Å².